The maximum Gasteiger partial charge on any atom is 0.287 e. The van der Waals surface area contributed by atoms with Crippen LogP contribution in [-0.4, -0.2) is 43.6 Å². The second-order valence-corrected chi connectivity index (χ2v) is 4.16. The number of hydrogen-bond acceptors (Lipinski definition) is 5. The van der Waals surface area contributed by atoms with E-state index in [1.807, 2.05) is 6.26 Å². The van der Waals surface area contributed by atoms with Crippen LogP contribution in [0.3, 0.4) is 0 Å². The summed E-state index contributed by atoms with van der Waals surface area (Å²) in [4.78, 5) is 11.6. The summed E-state index contributed by atoms with van der Waals surface area (Å²) in [5.41, 5.74) is 0. The van der Waals surface area contributed by atoms with Gasteiger partial charge in [-0.2, -0.15) is 11.8 Å². The summed E-state index contributed by atoms with van der Waals surface area (Å²) in [5, 5.41) is 11.1. The Kier molecular flexibility index (Phi) is 6.76. The van der Waals surface area contributed by atoms with Crippen LogP contribution in [-0.2, 0) is 10.5 Å². The van der Waals surface area contributed by atoms with Gasteiger partial charge in [0, 0.05) is 6.54 Å². The lowest BCUT2D eigenvalue weighted by atomic mass is 10.4. The minimum atomic E-state index is -0.245. The maximum absolute atomic E-state index is 11.6. The SMILES string of the molecule is CSCc1ccc(C(=O)NCCOCCO)o1. The molecule has 0 spiro atoms. The Morgan fingerprint density at radius 3 is 3.06 bits per heavy atom. The second-order valence-electron chi connectivity index (χ2n) is 3.29. The molecule has 0 aliphatic rings. The highest BCUT2D eigenvalue weighted by atomic mass is 32.2. The summed E-state index contributed by atoms with van der Waals surface area (Å²) in [6.07, 6.45) is 1.97. The molecule has 1 aromatic rings. The standard InChI is InChI=1S/C11H17NO4S/c1-17-8-9-2-3-10(16-9)11(14)12-4-6-15-7-5-13/h2-3,13H,4-8H2,1H3,(H,12,14). The Hall–Kier alpha value is -0.980. The number of nitrogens with one attached hydrogen (secondary N) is 1. The molecule has 0 saturated carbocycles. The fraction of sp³-hybridized carbons (Fsp3) is 0.545. The normalized spacial score (nSPS) is 10.5. The van der Waals surface area contributed by atoms with E-state index in [1.165, 1.54) is 0 Å². The predicted octanol–water partition coefficient (Wildman–Crippen LogP) is 0.881. The van der Waals surface area contributed by atoms with E-state index < -0.39 is 0 Å². The largest absolute Gasteiger partial charge is 0.455 e. The van der Waals surface area contributed by atoms with Crippen molar-refractivity contribution in [3.8, 4) is 0 Å². The molecule has 2 N–H and O–H groups in total. The molecular weight excluding hydrogens is 242 g/mol. The third-order valence-electron chi connectivity index (χ3n) is 1.94. The minimum absolute atomic E-state index is 0.00975. The summed E-state index contributed by atoms with van der Waals surface area (Å²) in [6, 6.07) is 3.46. The lowest BCUT2D eigenvalue weighted by Crippen LogP contribution is -2.27. The molecule has 1 rings (SSSR count). The van der Waals surface area contributed by atoms with Gasteiger partial charge in [0.1, 0.15) is 5.76 Å². The highest BCUT2D eigenvalue weighted by molar-refractivity contribution is 7.97. The molecule has 0 atom stereocenters. The van der Waals surface area contributed by atoms with Crippen molar-refractivity contribution >= 4 is 17.7 Å². The molecule has 0 aliphatic heterocycles. The molecular formula is C11H17NO4S. The van der Waals surface area contributed by atoms with E-state index in [4.69, 9.17) is 14.3 Å². The molecule has 0 aliphatic carbocycles. The van der Waals surface area contributed by atoms with E-state index in [0.717, 1.165) is 11.5 Å². The van der Waals surface area contributed by atoms with E-state index in [2.05, 4.69) is 5.32 Å². The lowest BCUT2D eigenvalue weighted by molar-refractivity contribution is 0.0820. The van der Waals surface area contributed by atoms with Crippen molar-refractivity contribution in [3.05, 3.63) is 23.7 Å². The van der Waals surface area contributed by atoms with E-state index in [0.29, 0.717) is 18.9 Å². The van der Waals surface area contributed by atoms with Gasteiger partial charge in [0.05, 0.1) is 25.6 Å². The zero-order valence-electron chi connectivity index (χ0n) is 9.77. The molecule has 0 fully saturated rings. The van der Waals surface area contributed by atoms with Crippen LogP contribution in [0.2, 0.25) is 0 Å². The van der Waals surface area contributed by atoms with E-state index in [-0.39, 0.29) is 19.1 Å². The van der Waals surface area contributed by atoms with Crippen molar-refractivity contribution in [2.24, 2.45) is 0 Å². The van der Waals surface area contributed by atoms with Gasteiger partial charge in [-0.25, -0.2) is 0 Å². The van der Waals surface area contributed by atoms with Gasteiger partial charge in [0.2, 0.25) is 0 Å². The van der Waals surface area contributed by atoms with Crippen molar-refractivity contribution < 1.29 is 19.1 Å². The zero-order valence-corrected chi connectivity index (χ0v) is 10.6. The summed E-state index contributed by atoms with van der Waals surface area (Å²) >= 11 is 1.64. The van der Waals surface area contributed by atoms with Crippen molar-refractivity contribution in [1.82, 2.24) is 5.32 Å². The highest BCUT2D eigenvalue weighted by Gasteiger charge is 2.09. The molecule has 96 valence electrons. The molecule has 6 heteroatoms. The van der Waals surface area contributed by atoms with Crippen LogP contribution in [0.4, 0.5) is 0 Å². The van der Waals surface area contributed by atoms with Crippen LogP contribution < -0.4 is 5.32 Å². The first-order valence-corrected chi connectivity index (χ1v) is 6.71. The quantitative estimate of drug-likeness (QED) is 0.678. The molecule has 0 bridgehead atoms. The molecule has 0 unspecified atom stereocenters. The van der Waals surface area contributed by atoms with Crippen molar-refractivity contribution in [2.75, 3.05) is 32.6 Å². The van der Waals surface area contributed by atoms with Gasteiger partial charge in [-0.15, -0.1) is 0 Å². The Balaban J connectivity index is 2.26. The minimum Gasteiger partial charge on any atom is -0.455 e. The maximum atomic E-state index is 11.6. The Morgan fingerprint density at radius 1 is 1.53 bits per heavy atom. The first-order valence-electron chi connectivity index (χ1n) is 5.32. The Morgan fingerprint density at radius 2 is 2.35 bits per heavy atom. The number of thioether (sulfide) groups is 1. The van der Waals surface area contributed by atoms with E-state index in [1.54, 1.807) is 23.9 Å². The summed E-state index contributed by atoms with van der Waals surface area (Å²) in [7, 11) is 0. The first-order chi connectivity index (χ1) is 8.27. The molecule has 0 aromatic carbocycles. The number of carbonyl (C=O) groups excluding carboxylic acids is 1. The Labute approximate surface area is 105 Å². The number of aliphatic hydroxyl groups excluding tert-OH is 1. The number of hydrogen-bond donors (Lipinski definition) is 2. The van der Waals surface area contributed by atoms with Crippen LogP contribution in [0, 0.1) is 0 Å². The number of aliphatic hydroxyl groups is 1. The van der Waals surface area contributed by atoms with Crippen molar-refractivity contribution in [1.29, 1.82) is 0 Å². The average molecular weight is 259 g/mol. The molecule has 1 amide bonds. The number of carbonyl (C=O) groups is 1. The predicted molar refractivity (Wildman–Crippen MR) is 66.2 cm³/mol. The van der Waals surface area contributed by atoms with Crippen molar-refractivity contribution in [3.63, 3.8) is 0 Å². The molecule has 0 radical (unpaired) electrons. The summed E-state index contributed by atoms with van der Waals surface area (Å²) in [6.45, 7) is 1.06. The number of ether oxygens (including phenoxy) is 1. The van der Waals surface area contributed by atoms with Gasteiger partial charge in [-0.1, -0.05) is 0 Å². The molecule has 5 nitrogen and oxygen atoms in total. The molecule has 1 aromatic heterocycles. The number of rotatable bonds is 8. The topological polar surface area (TPSA) is 71.7 Å². The monoisotopic (exact) mass is 259 g/mol. The van der Waals surface area contributed by atoms with Gasteiger partial charge in [-0.05, 0) is 18.4 Å². The smallest absolute Gasteiger partial charge is 0.287 e. The summed E-state index contributed by atoms with van der Waals surface area (Å²) in [5.74, 6) is 1.62. The zero-order chi connectivity index (χ0) is 12.5. The fourth-order valence-corrected chi connectivity index (χ4v) is 1.65. The summed E-state index contributed by atoms with van der Waals surface area (Å²) < 4.78 is 10.4. The van der Waals surface area contributed by atoms with Crippen LogP contribution in [0.25, 0.3) is 0 Å². The second kappa shape index (κ2) is 8.16. The van der Waals surface area contributed by atoms with Crippen molar-refractivity contribution in [2.45, 2.75) is 5.75 Å². The van der Waals surface area contributed by atoms with Gasteiger partial charge < -0.3 is 19.6 Å². The number of furan rings is 1. The third-order valence-corrected chi connectivity index (χ3v) is 2.51. The highest BCUT2D eigenvalue weighted by Crippen LogP contribution is 2.13. The fourth-order valence-electron chi connectivity index (χ4n) is 1.21. The first kappa shape index (κ1) is 14.1. The molecule has 1 heterocycles. The van der Waals surface area contributed by atoms with Crippen LogP contribution in [0.5, 0.6) is 0 Å². The van der Waals surface area contributed by atoms with Gasteiger partial charge in [-0.3, -0.25) is 4.79 Å². The van der Waals surface area contributed by atoms with E-state index >= 15 is 0 Å². The van der Waals surface area contributed by atoms with Crippen LogP contribution in [0.1, 0.15) is 16.3 Å². The average Bonchev–Trinajstić information content (AvgIpc) is 2.78. The van der Waals surface area contributed by atoms with Gasteiger partial charge in [0.15, 0.2) is 5.76 Å². The number of amides is 1. The Bertz CT molecular complexity index is 340. The third kappa shape index (κ3) is 5.25. The van der Waals surface area contributed by atoms with Crippen LogP contribution in [0.15, 0.2) is 16.5 Å². The molecule has 0 saturated heterocycles. The van der Waals surface area contributed by atoms with Gasteiger partial charge in [0.25, 0.3) is 5.91 Å². The lowest BCUT2D eigenvalue weighted by Gasteiger charge is -2.03. The van der Waals surface area contributed by atoms with Crippen LogP contribution >= 0.6 is 11.8 Å². The molecule has 17 heavy (non-hydrogen) atoms. The van der Waals surface area contributed by atoms with Gasteiger partial charge >= 0.3 is 0 Å². The van der Waals surface area contributed by atoms with E-state index in [9.17, 15) is 4.79 Å².